The summed E-state index contributed by atoms with van der Waals surface area (Å²) < 4.78 is 37.5. The minimum absolute atomic E-state index is 0.121. The Balaban J connectivity index is 2.06. The van der Waals surface area contributed by atoms with Crippen LogP contribution >= 0.6 is 0 Å². The molecule has 0 atom stereocenters. The zero-order chi connectivity index (χ0) is 15.5. The molecule has 5 nitrogen and oxygen atoms in total. The van der Waals surface area contributed by atoms with Crippen LogP contribution in [-0.2, 0) is 16.6 Å². The quantitative estimate of drug-likeness (QED) is 0.922. The normalized spacial score (nSPS) is 12.3. The van der Waals surface area contributed by atoms with Gasteiger partial charge in [0.2, 0.25) is 10.0 Å². The second-order valence-electron chi connectivity index (χ2n) is 5.59. The van der Waals surface area contributed by atoms with Gasteiger partial charge in [-0.05, 0) is 57.2 Å². The molecule has 0 radical (unpaired) electrons. The lowest BCUT2D eigenvalue weighted by molar-refractivity contribution is 0.131. The van der Waals surface area contributed by atoms with Crippen molar-refractivity contribution in [2.75, 3.05) is 0 Å². The second-order valence-corrected chi connectivity index (χ2v) is 7.36. The maximum Gasteiger partial charge on any atom is 0.240 e. The van der Waals surface area contributed by atoms with Crippen molar-refractivity contribution in [1.29, 1.82) is 0 Å². The van der Waals surface area contributed by atoms with Gasteiger partial charge < -0.3 is 9.15 Å². The molecule has 0 aliphatic rings. The van der Waals surface area contributed by atoms with Gasteiger partial charge in [-0.2, -0.15) is 0 Å². The molecule has 0 aliphatic carbocycles. The van der Waals surface area contributed by atoms with E-state index in [0.717, 1.165) is 0 Å². The van der Waals surface area contributed by atoms with E-state index in [1.54, 1.807) is 24.3 Å². The zero-order valence-corrected chi connectivity index (χ0v) is 13.1. The van der Waals surface area contributed by atoms with E-state index in [9.17, 15) is 8.42 Å². The fourth-order valence-electron chi connectivity index (χ4n) is 1.70. The van der Waals surface area contributed by atoms with Crippen LogP contribution in [0.25, 0.3) is 0 Å². The average molecular weight is 309 g/mol. The van der Waals surface area contributed by atoms with Crippen LogP contribution in [0.15, 0.2) is 52.0 Å². The highest BCUT2D eigenvalue weighted by Gasteiger charge is 2.16. The summed E-state index contributed by atoms with van der Waals surface area (Å²) in [6.45, 7) is 5.92. The summed E-state index contributed by atoms with van der Waals surface area (Å²) >= 11 is 0. The van der Waals surface area contributed by atoms with Crippen molar-refractivity contribution >= 4 is 10.0 Å². The van der Waals surface area contributed by atoms with Crippen LogP contribution in [0, 0.1) is 0 Å². The molecule has 114 valence electrons. The van der Waals surface area contributed by atoms with Gasteiger partial charge in [-0.25, -0.2) is 13.1 Å². The Labute approximate surface area is 125 Å². The van der Waals surface area contributed by atoms with E-state index in [1.807, 2.05) is 20.8 Å². The Morgan fingerprint density at radius 3 is 2.33 bits per heavy atom. The van der Waals surface area contributed by atoms with E-state index in [0.29, 0.717) is 11.5 Å². The molecule has 0 fully saturated rings. The van der Waals surface area contributed by atoms with E-state index < -0.39 is 10.0 Å². The number of hydrogen-bond donors (Lipinski definition) is 1. The number of nitrogens with one attached hydrogen (secondary N) is 1. The largest absolute Gasteiger partial charge is 0.488 e. The van der Waals surface area contributed by atoms with Crippen molar-refractivity contribution in [2.45, 2.75) is 37.8 Å². The minimum atomic E-state index is -3.56. The average Bonchev–Trinajstić information content (AvgIpc) is 2.88. The van der Waals surface area contributed by atoms with Crippen LogP contribution in [0.2, 0.25) is 0 Å². The van der Waals surface area contributed by atoms with Crippen LogP contribution in [0.3, 0.4) is 0 Å². The molecule has 0 saturated carbocycles. The number of sulfonamides is 1. The zero-order valence-electron chi connectivity index (χ0n) is 12.3. The summed E-state index contributed by atoms with van der Waals surface area (Å²) in [7, 11) is -3.56. The van der Waals surface area contributed by atoms with Gasteiger partial charge in [0.15, 0.2) is 0 Å². The van der Waals surface area contributed by atoms with E-state index in [-0.39, 0.29) is 17.0 Å². The van der Waals surface area contributed by atoms with Crippen LogP contribution < -0.4 is 9.46 Å². The second kappa shape index (κ2) is 5.91. The van der Waals surface area contributed by atoms with E-state index >= 15 is 0 Å². The van der Waals surface area contributed by atoms with Gasteiger partial charge in [-0.3, -0.25) is 0 Å². The maximum absolute atomic E-state index is 12.1. The molecule has 2 rings (SSSR count). The molecule has 0 aliphatic heterocycles. The molecule has 0 saturated heterocycles. The summed E-state index contributed by atoms with van der Waals surface area (Å²) in [6.07, 6.45) is 1.50. The van der Waals surface area contributed by atoms with Gasteiger partial charge in [-0.1, -0.05) is 0 Å². The standard InChI is InChI=1S/C15H19NO4S/c1-15(2,3)20-12-6-8-14(9-7-12)21(17,18)16-11-13-5-4-10-19-13/h4-10,16H,11H2,1-3H3. The SMILES string of the molecule is CC(C)(C)Oc1ccc(S(=O)(=O)NCc2ccco2)cc1. The Morgan fingerprint density at radius 2 is 1.81 bits per heavy atom. The fraction of sp³-hybridized carbons (Fsp3) is 0.333. The first kappa shape index (κ1) is 15.6. The molecule has 1 aromatic heterocycles. The molecule has 1 N–H and O–H groups in total. The van der Waals surface area contributed by atoms with Gasteiger partial charge in [0.05, 0.1) is 17.7 Å². The topological polar surface area (TPSA) is 68.5 Å². The molecule has 6 heteroatoms. The van der Waals surface area contributed by atoms with Crippen molar-refractivity contribution in [3.8, 4) is 5.75 Å². The molecule has 0 amide bonds. The van der Waals surface area contributed by atoms with E-state index in [1.165, 1.54) is 18.4 Å². The van der Waals surface area contributed by atoms with Gasteiger partial charge in [0.1, 0.15) is 17.1 Å². The smallest absolute Gasteiger partial charge is 0.240 e. The lowest BCUT2D eigenvalue weighted by Crippen LogP contribution is -2.24. The number of hydrogen-bond acceptors (Lipinski definition) is 4. The Bertz CT molecular complexity index is 667. The molecule has 21 heavy (non-hydrogen) atoms. The monoisotopic (exact) mass is 309 g/mol. The molecule has 1 aromatic carbocycles. The highest BCUT2D eigenvalue weighted by Crippen LogP contribution is 2.20. The first-order valence-corrected chi connectivity index (χ1v) is 8.06. The van der Waals surface area contributed by atoms with Crippen molar-refractivity contribution < 1.29 is 17.6 Å². The lowest BCUT2D eigenvalue weighted by atomic mass is 10.2. The Kier molecular flexibility index (Phi) is 4.39. The van der Waals surface area contributed by atoms with Gasteiger partial charge in [-0.15, -0.1) is 0 Å². The van der Waals surface area contributed by atoms with Gasteiger partial charge in [0.25, 0.3) is 0 Å². The summed E-state index contributed by atoms with van der Waals surface area (Å²) in [5.41, 5.74) is -0.321. The molecule has 0 spiro atoms. The van der Waals surface area contributed by atoms with Crippen LogP contribution in [0.1, 0.15) is 26.5 Å². The molecule has 2 aromatic rings. The van der Waals surface area contributed by atoms with E-state index in [2.05, 4.69) is 4.72 Å². The van der Waals surface area contributed by atoms with Crippen molar-refractivity contribution in [3.63, 3.8) is 0 Å². The fourth-order valence-corrected chi connectivity index (χ4v) is 2.70. The van der Waals surface area contributed by atoms with Gasteiger partial charge >= 0.3 is 0 Å². The predicted molar refractivity (Wildman–Crippen MR) is 79.6 cm³/mol. The third-order valence-electron chi connectivity index (χ3n) is 2.57. The lowest BCUT2D eigenvalue weighted by Gasteiger charge is -2.21. The molecular formula is C15H19NO4S. The Morgan fingerprint density at radius 1 is 1.14 bits per heavy atom. The Hall–Kier alpha value is -1.79. The molecule has 0 bridgehead atoms. The third kappa shape index (κ3) is 4.61. The van der Waals surface area contributed by atoms with Crippen molar-refractivity contribution in [3.05, 3.63) is 48.4 Å². The molecular weight excluding hydrogens is 290 g/mol. The summed E-state index contributed by atoms with van der Waals surface area (Å²) in [5.74, 6) is 1.19. The number of furan rings is 1. The molecule has 1 heterocycles. The minimum Gasteiger partial charge on any atom is -0.488 e. The van der Waals surface area contributed by atoms with Crippen LogP contribution in [0.5, 0.6) is 5.75 Å². The molecule has 0 unspecified atom stereocenters. The number of benzene rings is 1. The highest BCUT2D eigenvalue weighted by atomic mass is 32.2. The highest BCUT2D eigenvalue weighted by molar-refractivity contribution is 7.89. The van der Waals surface area contributed by atoms with Crippen LogP contribution in [-0.4, -0.2) is 14.0 Å². The first-order chi connectivity index (χ1) is 9.76. The van der Waals surface area contributed by atoms with Gasteiger partial charge in [0, 0.05) is 0 Å². The number of rotatable bonds is 5. The summed E-state index contributed by atoms with van der Waals surface area (Å²) in [6, 6.07) is 9.75. The van der Waals surface area contributed by atoms with Crippen molar-refractivity contribution in [2.24, 2.45) is 0 Å². The first-order valence-electron chi connectivity index (χ1n) is 6.57. The van der Waals surface area contributed by atoms with Crippen molar-refractivity contribution in [1.82, 2.24) is 4.72 Å². The van der Waals surface area contributed by atoms with E-state index in [4.69, 9.17) is 9.15 Å². The number of ether oxygens (including phenoxy) is 1. The predicted octanol–water partition coefficient (Wildman–Crippen LogP) is 2.94. The summed E-state index contributed by atoms with van der Waals surface area (Å²) in [4.78, 5) is 0.190. The maximum atomic E-state index is 12.1. The van der Waals surface area contributed by atoms with Crippen LogP contribution in [0.4, 0.5) is 0 Å². The summed E-state index contributed by atoms with van der Waals surface area (Å²) in [5, 5.41) is 0. The third-order valence-corrected chi connectivity index (χ3v) is 3.99.